The number of thiophene rings is 2. The molecule has 0 atom stereocenters. The number of hydrogen-bond acceptors (Lipinski definition) is 6. The van der Waals surface area contributed by atoms with Crippen molar-refractivity contribution in [2.75, 3.05) is 0 Å². The number of aromatic hydroxyl groups is 2. The maximum atomic E-state index is 12.3. The van der Waals surface area contributed by atoms with Crippen LogP contribution in [0, 0.1) is 13.8 Å². The predicted molar refractivity (Wildman–Crippen MR) is 383 cm³/mol. The zero-order chi connectivity index (χ0) is 63.9. The van der Waals surface area contributed by atoms with Gasteiger partial charge in [0.25, 0.3) is 0 Å². The summed E-state index contributed by atoms with van der Waals surface area (Å²) in [5, 5.41) is 33.4. The van der Waals surface area contributed by atoms with E-state index in [1.165, 1.54) is 66.5 Å². The molecule has 460 valence electrons. The van der Waals surface area contributed by atoms with Gasteiger partial charge in [-0.05, 0) is 128 Å². The van der Waals surface area contributed by atoms with Gasteiger partial charge in [0.1, 0.15) is 24.7 Å². The van der Waals surface area contributed by atoms with Crippen LogP contribution in [0.5, 0.6) is 23.0 Å². The van der Waals surface area contributed by atoms with E-state index in [1.54, 1.807) is 0 Å². The summed E-state index contributed by atoms with van der Waals surface area (Å²) < 4.78 is 17.8. The molecule has 0 unspecified atom stereocenters. The van der Waals surface area contributed by atoms with E-state index in [0.29, 0.717) is 24.7 Å². The Balaban J connectivity index is 0.000000536. The van der Waals surface area contributed by atoms with Crippen molar-refractivity contribution in [1.82, 2.24) is 9.13 Å². The quantitative estimate of drug-likeness (QED) is 0.134. The van der Waals surface area contributed by atoms with Gasteiger partial charge in [0, 0.05) is 43.4 Å². The van der Waals surface area contributed by atoms with Gasteiger partial charge >= 0.3 is 26.2 Å². The van der Waals surface area contributed by atoms with Gasteiger partial charge in [-0.2, -0.15) is 49.2 Å². The molecule has 4 heterocycles. The van der Waals surface area contributed by atoms with Crippen molar-refractivity contribution in [2.45, 2.75) is 118 Å². The summed E-state index contributed by atoms with van der Waals surface area (Å²) in [7, 11) is 0. The molecule has 0 saturated heterocycles. The fourth-order valence-electron chi connectivity index (χ4n) is 11.5. The summed E-state index contributed by atoms with van der Waals surface area (Å²) in [4.78, 5) is 1.49. The number of rotatable bonds is 10. The molecular formula is C82H82N2O4S2Zr. The summed E-state index contributed by atoms with van der Waals surface area (Å²) in [6.45, 7) is 35.0. The average Bonchev–Trinajstić information content (AvgIpc) is 1.61. The largest absolute Gasteiger partial charge is 2.00 e. The normalized spacial score (nSPS) is 11.9. The molecular weight excluding hydrogens is 1230 g/mol. The molecule has 9 aromatic carbocycles. The van der Waals surface area contributed by atoms with Crippen LogP contribution in [0.4, 0.5) is 0 Å². The Morgan fingerprint density at radius 2 is 0.637 bits per heavy atom. The molecule has 0 aliphatic rings. The first kappa shape index (κ1) is 65.7. The zero-order valence-electron chi connectivity index (χ0n) is 54.5. The topological polar surface area (TPSA) is 68.8 Å². The number of para-hydroxylation sites is 2. The molecule has 0 fully saturated rings. The molecule has 0 radical (unpaired) electrons. The predicted octanol–water partition coefficient (Wildman–Crippen LogP) is 22.8. The molecule has 13 rings (SSSR count). The number of aromatic nitrogens is 2. The van der Waals surface area contributed by atoms with Crippen LogP contribution in [0.3, 0.4) is 0 Å². The van der Waals surface area contributed by atoms with E-state index in [-0.39, 0.29) is 59.4 Å². The number of fused-ring (bicyclic) bond motifs is 6. The fourth-order valence-corrected chi connectivity index (χ4v) is 13.4. The smallest absolute Gasteiger partial charge is 0.504 e. The first-order valence-electron chi connectivity index (χ1n) is 30.9. The van der Waals surface area contributed by atoms with E-state index in [1.807, 2.05) is 121 Å². The molecule has 2 N–H and O–H groups in total. The van der Waals surface area contributed by atoms with Crippen molar-refractivity contribution in [3.8, 4) is 55.3 Å². The Morgan fingerprint density at radius 1 is 0.363 bits per heavy atom. The van der Waals surface area contributed by atoms with Gasteiger partial charge in [-0.1, -0.05) is 168 Å². The molecule has 0 bridgehead atoms. The van der Waals surface area contributed by atoms with Gasteiger partial charge in [-0.3, -0.25) is 0 Å². The molecule has 91 heavy (non-hydrogen) atoms. The maximum absolute atomic E-state index is 12.3. The van der Waals surface area contributed by atoms with E-state index in [9.17, 15) is 10.2 Å². The first-order valence-corrected chi connectivity index (χ1v) is 32.7. The second kappa shape index (κ2) is 26.6. The summed E-state index contributed by atoms with van der Waals surface area (Å²) in [5.74, 6) is 1.79. The fraction of sp³-hybridized carbons (Fsp3) is 0.220. The van der Waals surface area contributed by atoms with E-state index in [0.717, 1.165) is 76.6 Å². The molecule has 0 spiro atoms. The van der Waals surface area contributed by atoms with Crippen LogP contribution in [0.15, 0.2) is 217 Å². The Labute approximate surface area is 565 Å². The summed E-state index contributed by atoms with van der Waals surface area (Å²) >= 11 is 3.04. The third-order valence-corrected chi connectivity index (χ3v) is 18.8. The van der Waals surface area contributed by atoms with Crippen LogP contribution in [-0.2, 0) is 61.1 Å². The van der Waals surface area contributed by atoms with Gasteiger partial charge in [0.15, 0.2) is 11.5 Å². The standard InChI is InChI=1S/C68H68N2O4S2.2C7H7.Zr/c1-65(2,3)43-25-29-53-49(33-43)50-34-44(66(4,5)6)26-30-54(50)69(53)57-39-75-63(61(57)71)47-21-15-17-23-59(47)73-37-41-19-13-14-20-42(41)38-74-60-24-18-16-22-48(60)64-62(72)58(40-76-64)70-55-31-27-45(67(7,8)9)35-51(55)52-36-46(68(10,11)12)28-32-56(52)70;2*1-7-5-3-2-4-6-7;/h13-36,39-40,71-72H,37-38H2,1-12H3;2*2-6H,1H2;/q;2*-1;+2. The number of benzene rings is 9. The SMILES string of the molecule is CC(C)(C)c1ccc2c(c1)c1cc(C(C)(C)C)ccc1n2-c1csc(-c2ccccc2OCc2ccccc2COc2ccccc2-c2scc(-n3c4ccc(C(C)(C)C)cc4c4cc(C(C)(C)C)ccc43)c2O)c1O.[CH2-]c1ccccc1.[CH2-]c1ccccc1.[Zr+2]. The minimum absolute atomic E-state index is 0. The number of nitrogens with zero attached hydrogens (tertiary/aromatic N) is 2. The van der Waals surface area contributed by atoms with Crippen LogP contribution < -0.4 is 9.47 Å². The van der Waals surface area contributed by atoms with Crippen molar-refractivity contribution >= 4 is 66.3 Å². The van der Waals surface area contributed by atoms with E-state index in [2.05, 4.69) is 202 Å². The monoisotopic (exact) mass is 1310 g/mol. The second-order valence-corrected chi connectivity index (χ2v) is 29.3. The van der Waals surface area contributed by atoms with Crippen molar-refractivity contribution in [1.29, 1.82) is 0 Å². The van der Waals surface area contributed by atoms with Crippen LogP contribution in [0.25, 0.3) is 75.9 Å². The van der Waals surface area contributed by atoms with Gasteiger partial charge < -0.3 is 28.8 Å². The van der Waals surface area contributed by atoms with Crippen LogP contribution in [0.2, 0.25) is 0 Å². The van der Waals surface area contributed by atoms with Gasteiger partial charge in [-0.15, -0.1) is 46.9 Å². The zero-order valence-corrected chi connectivity index (χ0v) is 58.6. The minimum atomic E-state index is -0.0172. The Hall–Kier alpha value is -8.20. The molecule has 0 aliphatic heterocycles. The number of hydrogen-bond donors (Lipinski definition) is 2. The van der Waals surface area contributed by atoms with Crippen molar-refractivity contribution in [3.05, 3.63) is 275 Å². The van der Waals surface area contributed by atoms with E-state index < -0.39 is 0 Å². The van der Waals surface area contributed by atoms with Crippen molar-refractivity contribution in [2.24, 2.45) is 0 Å². The van der Waals surface area contributed by atoms with Gasteiger partial charge in [0.2, 0.25) is 0 Å². The van der Waals surface area contributed by atoms with E-state index in [4.69, 9.17) is 9.47 Å². The summed E-state index contributed by atoms with van der Waals surface area (Å²) in [6.07, 6.45) is 0. The van der Waals surface area contributed by atoms with Gasteiger partial charge in [-0.25, -0.2) is 0 Å². The molecule has 9 heteroatoms. The van der Waals surface area contributed by atoms with Crippen LogP contribution in [0.1, 0.15) is 128 Å². The minimum Gasteiger partial charge on any atom is -0.504 e. The Morgan fingerprint density at radius 3 is 0.912 bits per heavy atom. The first-order chi connectivity index (χ1) is 42.8. The molecule has 4 aromatic heterocycles. The molecule has 6 nitrogen and oxygen atoms in total. The van der Waals surface area contributed by atoms with Crippen molar-refractivity contribution < 1.29 is 45.9 Å². The third kappa shape index (κ3) is 14.0. The molecule has 0 aliphatic carbocycles. The maximum Gasteiger partial charge on any atom is 2.00 e. The summed E-state index contributed by atoms with van der Waals surface area (Å²) in [6, 6.07) is 70.9. The summed E-state index contributed by atoms with van der Waals surface area (Å²) in [5.41, 5.74) is 16.5. The molecule has 0 amide bonds. The van der Waals surface area contributed by atoms with Gasteiger partial charge in [0.05, 0.1) is 43.2 Å². The third-order valence-electron chi connectivity index (χ3n) is 16.8. The van der Waals surface area contributed by atoms with Crippen LogP contribution >= 0.6 is 22.7 Å². The molecule has 13 aromatic rings. The van der Waals surface area contributed by atoms with E-state index >= 15 is 0 Å². The number of ether oxygens (including phenoxy) is 2. The van der Waals surface area contributed by atoms with Crippen LogP contribution in [-0.4, -0.2) is 19.3 Å². The van der Waals surface area contributed by atoms with Crippen molar-refractivity contribution in [3.63, 3.8) is 0 Å². The second-order valence-electron chi connectivity index (χ2n) is 27.5. The molecule has 0 saturated carbocycles. The Kier molecular flexibility index (Phi) is 19.2. The average molecular weight is 1310 g/mol. The Bertz CT molecular complexity index is 4250.